The van der Waals surface area contributed by atoms with Crippen molar-refractivity contribution in [3.8, 4) is 0 Å². The average Bonchev–Trinajstić information content (AvgIpc) is 2.54. The molecule has 4 N–H and O–H groups in total. The number of hydrogen-bond acceptors (Lipinski definition) is 4. The summed E-state index contributed by atoms with van der Waals surface area (Å²) in [6.07, 6.45) is 2.05. The standard InChI is InChI=1S/C10H13NO4S/c11-9-6(10(14)15)5-16-7(9)3-1-2-4-8(12)13/h5H,1-4,11H2,(H,12,13)(H,14,15). The van der Waals surface area contributed by atoms with Crippen molar-refractivity contribution in [2.24, 2.45) is 0 Å². The molecule has 0 radical (unpaired) electrons. The lowest BCUT2D eigenvalue weighted by molar-refractivity contribution is -0.137. The van der Waals surface area contributed by atoms with Crippen molar-refractivity contribution in [3.63, 3.8) is 0 Å². The lowest BCUT2D eigenvalue weighted by Crippen LogP contribution is -2.00. The highest BCUT2D eigenvalue weighted by molar-refractivity contribution is 7.10. The minimum atomic E-state index is -1.02. The summed E-state index contributed by atoms with van der Waals surface area (Å²) in [6.45, 7) is 0. The van der Waals surface area contributed by atoms with Gasteiger partial charge in [-0.3, -0.25) is 4.79 Å². The second-order valence-corrected chi connectivity index (χ2v) is 4.36. The van der Waals surface area contributed by atoms with E-state index < -0.39 is 11.9 Å². The Balaban J connectivity index is 2.49. The van der Waals surface area contributed by atoms with Gasteiger partial charge in [-0.1, -0.05) is 0 Å². The third-order valence-electron chi connectivity index (χ3n) is 2.18. The number of aromatic carboxylic acids is 1. The monoisotopic (exact) mass is 243 g/mol. The van der Waals surface area contributed by atoms with Crippen LogP contribution in [0.1, 0.15) is 34.5 Å². The molecule has 5 nitrogen and oxygen atoms in total. The highest BCUT2D eigenvalue weighted by Gasteiger charge is 2.13. The maximum Gasteiger partial charge on any atom is 0.338 e. The van der Waals surface area contributed by atoms with Crippen molar-refractivity contribution in [1.29, 1.82) is 0 Å². The molecule has 0 aliphatic rings. The Morgan fingerprint density at radius 1 is 1.31 bits per heavy atom. The maximum atomic E-state index is 10.7. The number of thiophene rings is 1. The lowest BCUT2D eigenvalue weighted by atomic mass is 10.1. The zero-order valence-electron chi connectivity index (χ0n) is 8.60. The van der Waals surface area contributed by atoms with Gasteiger partial charge in [0.2, 0.25) is 0 Å². The smallest absolute Gasteiger partial charge is 0.338 e. The fourth-order valence-corrected chi connectivity index (χ4v) is 2.32. The summed E-state index contributed by atoms with van der Waals surface area (Å²) >= 11 is 1.31. The van der Waals surface area contributed by atoms with E-state index in [0.717, 1.165) is 4.88 Å². The predicted octanol–water partition coefficient (Wildman–Crippen LogP) is 1.83. The van der Waals surface area contributed by atoms with Crippen molar-refractivity contribution >= 4 is 29.0 Å². The first-order valence-corrected chi connectivity index (χ1v) is 5.71. The van der Waals surface area contributed by atoms with Crippen LogP contribution in [0.5, 0.6) is 0 Å². The molecule has 0 fully saturated rings. The van der Waals surface area contributed by atoms with Crippen LogP contribution >= 0.6 is 11.3 Å². The van der Waals surface area contributed by atoms with Gasteiger partial charge in [-0.25, -0.2) is 4.79 Å². The minimum Gasteiger partial charge on any atom is -0.481 e. The van der Waals surface area contributed by atoms with Crippen molar-refractivity contribution in [2.75, 3.05) is 5.73 Å². The largest absolute Gasteiger partial charge is 0.481 e. The summed E-state index contributed by atoms with van der Waals surface area (Å²) in [5.41, 5.74) is 6.11. The number of carboxylic acids is 2. The predicted molar refractivity (Wildman–Crippen MR) is 60.9 cm³/mol. The van der Waals surface area contributed by atoms with Gasteiger partial charge in [0, 0.05) is 16.7 Å². The lowest BCUT2D eigenvalue weighted by Gasteiger charge is -1.99. The zero-order valence-corrected chi connectivity index (χ0v) is 9.42. The van der Waals surface area contributed by atoms with Crippen LogP contribution in [-0.4, -0.2) is 22.2 Å². The van der Waals surface area contributed by atoms with Crippen LogP contribution < -0.4 is 5.73 Å². The number of anilines is 1. The van der Waals surface area contributed by atoms with Crippen LogP contribution in [0, 0.1) is 0 Å². The van der Waals surface area contributed by atoms with Crippen molar-refractivity contribution in [3.05, 3.63) is 15.8 Å². The Labute approximate surface area is 96.5 Å². The van der Waals surface area contributed by atoms with E-state index in [1.54, 1.807) is 0 Å². The zero-order chi connectivity index (χ0) is 12.1. The Morgan fingerprint density at radius 3 is 2.50 bits per heavy atom. The molecule has 1 aromatic heterocycles. The van der Waals surface area contributed by atoms with Gasteiger partial charge in [0.1, 0.15) is 0 Å². The first kappa shape index (κ1) is 12.5. The second-order valence-electron chi connectivity index (χ2n) is 3.39. The molecular formula is C10H13NO4S. The molecular weight excluding hydrogens is 230 g/mol. The van der Waals surface area contributed by atoms with Gasteiger partial charge in [0.25, 0.3) is 0 Å². The molecule has 0 unspecified atom stereocenters. The van der Waals surface area contributed by atoms with Crippen molar-refractivity contribution in [1.82, 2.24) is 0 Å². The van der Waals surface area contributed by atoms with Crippen LogP contribution in [0.2, 0.25) is 0 Å². The molecule has 0 atom stereocenters. The molecule has 1 aromatic rings. The van der Waals surface area contributed by atoms with Crippen LogP contribution in [-0.2, 0) is 11.2 Å². The summed E-state index contributed by atoms with van der Waals surface area (Å²) in [5, 5.41) is 18.7. The molecule has 0 aromatic carbocycles. The van der Waals surface area contributed by atoms with E-state index in [1.165, 1.54) is 16.7 Å². The summed E-state index contributed by atoms with van der Waals surface area (Å²) < 4.78 is 0. The second kappa shape index (κ2) is 5.50. The van der Waals surface area contributed by atoms with Crippen LogP contribution in [0.15, 0.2) is 5.38 Å². The van der Waals surface area contributed by atoms with Gasteiger partial charge >= 0.3 is 11.9 Å². The Hall–Kier alpha value is -1.56. The average molecular weight is 243 g/mol. The quantitative estimate of drug-likeness (QED) is 0.662. The molecule has 88 valence electrons. The first-order valence-electron chi connectivity index (χ1n) is 4.83. The normalized spacial score (nSPS) is 10.2. The molecule has 0 spiro atoms. The van der Waals surface area contributed by atoms with Gasteiger partial charge in [-0.15, -0.1) is 11.3 Å². The molecule has 0 aliphatic heterocycles. The number of aliphatic carboxylic acids is 1. The van der Waals surface area contributed by atoms with Gasteiger partial charge in [-0.05, 0) is 19.3 Å². The number of carboxylic acid groups (broad SMARTS) is 2. The molecule has 0 saturated carbocycles. The molecule has 0 bridgehead atoms. The highest BCUT2D eigenvalue weighted by Crippen LogP contribution is 2.26. The highest BCUT2D eigenvalue weighted by atomic mass is 32.1. The molecule has 0 saturated heterocycles. The van der Waals surface area contributed by atoms with E-state index in [1.807, 2.05) is 0 Å². The Morgan fingerprint density at radius 2 is 2.00 bits per heavy atom. The maximum absolute atomic E-state index is 10.7. The Kier molecular flexibility index (Phi) is 4.30. The summed E-state index contributed by atoms with van der Waals surface area (Å²) in [5.74, 6) is -1.84. The van der Waals surface area contributed by atoms with Crippen LogP contribution in [0.4, 0.5) is 5.69 Å². The first-order chi connectivity index (χ1) is 7.52. The van der Waals surface area contributed by atoms with E-state index in [2.05, 4.69) is 0 Å². The van der Waals surface area contributed by atoms with Gasteiger partial charge < -0.3 is 15.9 Å². The summed E-state index contributed by atoms with van der Waals surface area (Å²) in [4.78, 5) is 21.8. The summed E-state index contributed by atoms with van der Waals surface area (Å²) in [7, 11) is 0. The van der Waals surface area contributed by atoms with Gasteiger partial charge in [-0.2, -0.15) is 0 Å². The van der Waals surface area contributed by atoms with E-state index >= 15 is 0 Å². The molecule has 1 heterocycles. The minimum absolute atomic E-state index is 0.136. The van der Waals surface area contributed by atoms with E-state index in [-0.39, 0.29) is 12.0 Å². The molecule has 6 heteroatoms. The van der Waals surface area contributed by atoms with E-state index in [9.17, 15) is 9.59 Å². The SMILES string of the molecule is Nc1c(C(=O)O)csc1CCCCC(=O)O. The fraction of sp³-hybridized carbons (Fsp3) is 0.400. The molecule has 0 amide bonds. The number of hydrogen-bond donors (Lipinski definition) is 3. The van der Waals surface area contributed by atoms with Crippen molar-refractivity contribution in [2.45, 2.75) is 25.7 Å². The van der Waals surface area contributed by atoms with E-state index in [0.29, 0.717) is 24.9 Å². The number of nitrogens with two attached hydrogens (primary N) is 1. The Bertz CT molecular complexity index is 400. The van der Waals surface area contributed by atoms with Gasteiger partial charge in [0.15, 0.2) is 0 Å². The third-order valence-corrected chi connectivity index (χ3v) is 3.25. The molecule has 16 heavy (non-hydrogen) atoms. The van der Waals surface area contributed by atoms with Crippen LogP contribution in [0.25, 0.3) is 0 Å². The number of carbonyl (C=O) groups is 2. The number of aryl methyl sites for hydroxylation is 1. The number of unbranched alkanes of at least 4 members (excludes halogenated alkanes) is 1. The topological polar surface area (TPSA) is 101 Å². The summed E-state index contributed by atoms with van der Waals surface area (Å²) in [6, 6.07) is 0. The van der Waals surface area contributed by atoms with Crippen molar-refractivity contribution < 1.29 is 19.8 Å². The van der Waals surface area contributed by atoms with E-state index in [4.69, 9.17) is 15.9 Å². The van der Waals surface area contributed by atoms with Gasteiger partial charge in [0.05, 0.1) is 11.3 Å². The molecule has 0 aliphatic carbocycles. The third kappa shape index (κ3) is 3.23. The number of rotatable bonds is 6. The number of nitrogen functional groups attached to an aromatic ring is 1. The van der Waals surface area contributed by atoms with Crippen LogP contribution in [0.3, 0.4) is 0 Å². The molecule has 1 rings (SSSR count). The fourth-order valence-electron chi connectivity index (χ4n) is 1.33.